The molecule has 3 aromatic rings. The summed E-state index contributed by atoms with van der Waals surface area (Å²) in [6, 6.07) is 15.8. The summed E-state index contributed by atoms with van der Waals surface area (Å²) in [5, 5.41) is 10.6. The number of esters is 1. The molecule has 0 saturated heterocycles. The molecule has 172 valence electrons. The first-order chi connectivity index (χ1) is 16.1. The minimum atomic E-state index is -4.87. The summed E-state index contributed by atoms with van der Waals surface area (Å²) in [4.78, 5) is 26.7. The van der Waals surface area contributed by atoms with E-state index in [4.69, 9.17) is 21.1 Å². The van der Waals surface area contributed by atoms with Gasteiger partial charge in [0.2, 0.25) is 11.6 Å². The van der Waals surface area contributed by atoms with Crippen molar-refractivity contribution in [2.24, 2.45) is 4.99 Å². The molecule has 0 aliphatic carbocycles. The summed E-state index contributed by atoms with van der Waals surface area (Å²) in [5.41, 5.74) is -1.19. The minimum absolute atomic E-state index is 0.0135. The second kappa shape index (κ2) is 8.99. The molecule has 0 spiro atoms. The molecule has 0 N–H and O–H groups in total. The van der Waals surface area contributed by atoms with Gasteiger partial charge in [0.1, 0.15) is 5.75 Å². The van der Waals surface area contributed by atoms with Gasteiger partial charge >= 0.3 is 17.8 Å². The lowest BCUT2D eigenvalue weighted by atomic mass is 10.1. The average molecular weight is 489 g/mol. The van der Waals surface area contributed by atoms with E-state index < -0.39 is 39.1 Å². The maximum absolute atomic E-state index is 13.1. The molecule has 3 aromatic carbocycles. The molecule has 0 atom stereocenters. The van der Waals surface area contributed by atoms with Crippen molar-refractivity contribution in [2.75, 3.05) is 0 Å². The summed E-state index contributed by atoms with van der Waals surface area (Å²) in [5.74, 6) is -0.945. The number of nitro groups is 1. The first-order valence-corrected chi connectivity index (χ1v) is 9.90. The normalized spacial score (nSPS) is 14.6. The van der Waals surface area contributed by atoms with Crippen LogP contribution in [0.1, 0.15) is 16.7 Å². The van der Waals surface area contributed by atoms with Crippen molar-refractivity contribution in [2.45, 2.75) is 6.18 Å². The maximum Gasteiger partial charge on any atom is 0.418 e. The van der Waals surface area contributed by atoms with Gasteiger partial charge in [-0.2, -0.15) is 13.2 Å². The summed E-state index contributed by atoms with van der Waals surface area (Å²) in [6.45, 7) is 0. The molecule has 0 aromatic heterocycles. The van der Waals surface area contributed by atoms with E-state index in [0.29, 0.717) is 17.2 Å². The van der Waals surface area contributed by atoms with Gasteiger partial charge < -0.3 is 9.47 Å². The van der Waals surface area contributed by atoms with Crippen LogP contribution in [0.4, 0.5) is 18.9 Å². The van der Waals surface area contributed by atoms with E-state index in [9.17, 15) is 28.1 Å². The fourth-order valence-electron chi connectivity index (χ4n) is 3.05. The van der Waals surface area contributed by atoms with E-state index in [0.717, 1.165) is 6.07 Å². The molecule has 0 bridgehead atoms. The number of hydrogen-bond donors (Lipinski definition) is 0. The van der Waals surface area contributed by atoms with Crippen LogP contribution in [-0.4, -0.2) is 16.8 Å². The van der Waals surface area contributed by atoms with E-state index in [1.807, 2.05) is 0 Å². The molecular formula is C23H12ClF3N2O5. The van der Waals surface area contributed by atoms with Crippen molar-refractivity contribution in [1.82, 2.24) is 0 Å². The highest BCUT2D eigenvalue weighted by Crippen LogP contribution is 2.42. The number of carbonyl (C=O) groups is 1. The maximum atomic E-state index is 13.1. The second-order valence-corrected chi connectivity index (χ2v) is 7.34. The largest absolute Gasteiger partial charge is 0.450 e. The molecule has 0 radical (unpaired) electrons. The van der Waals surface area contributed by atoms with E-state index >= 15 is 0 Å². The first kappa shape index (κ1) is 23.0. The predicted octanol–water partition coefficient (Wildman–Crippen LogP) is 6.40. The average Bonchev–Trinajstić information content (AvgIpc) is 3.14. The van der Waals surface area contributed by atoms with Gasteiger partial charge in [-0.15, -0.1) is 0 Å². The molecule has 4 rings (SSSR count). The number of cyclic esters (lactones) is 1. The third-order valence-electron chi connectivity index (χ3n) is 4.58. The minimum Gasteiger partial charge on any atom is -0.450 e. The molecule has 34 heavy (non-hydrogen) atoms. The highest BCUT2D eigenvalue weighted by molar-refractivity contribution is 6.31. The van der Waals surface area contributed by atoms with Crippen LogP contribution in [0.2, 0.25) is 5.02 Å². The Morgan fingerprint density at radius 2 is 1.79 bits per heavy atom. The Labute approximate surface area is 194 Å². The molecule has 7 nitrogen and oxygen atoms in total. The zero-order valence-electron chi connectivity index (χ0n) is 16.9. The van der Waals surface area contributed by atoms with Crippen molar-refractivity contribution in [1.29, 1.82) is 0 Å². The van der Waals surface area contributed by atoms with Gasteiger partial charge in [0.25, 0.3) is 0 Å². The van der Waals surface area contributed by atoms with E-state index in [-0.39, 0.29) is 17.3 Å². The molecule has 0 unspecified atom stereocenters. The zero-order valence-corrected chi connectivity index (χ0v) is 17.6. The van der Waals surface area contributed by atoms with Gasteiger partial charge in [0.15, 0.2) is 5.70 Å². The van der Waals surface area contributed by atoms with Crippen LogP contribution in [0.25, 0.3) is 6.08 Å². The highest BCUT2D eigenvalue weighted by atomic mass is 35.5. The number of alkyl halides is 3. The lowest BCUT2D eigenvalue weighted by molar-refractivity contribution is -0.385. The Morgan fingerprint density at radius 3 is 2.47 bits per heavy atom. The lowest BCUT2D eigenvalue weighted by Gasteiger charge is -2.12. The van der Waals surface area contributed by atoms with Gasteiger partial charge in [-0.1, -0.05) is 41.9 Å². The zero-order chi connectivity index (χ0) is 24.5. The fraction of sp³-hybridized carbons (Fsp3) is 0.0435. The summed E-state index contributed by atoms with van der Waals surface area (Å²) in [6.07, 6.45) is -3.46. The van der Waals surface area contributed by atoms with Gasteiger partial charge in [0, 0.05) is 17.7 Å². The van der Waals surface area contributed by atoms with Gasteiger partial charge in [-0.3, -0.25) is 10.1 Å². The summed E-state index contributed by atoms with van der Waals surface area (Å²) >= 11 is 5.68. The Bertz CT molecular complexity index is 1350. The molecule has 0 fully saturated rings. The highest BCUT2D eigenvalue weighted by Gasteiger charge is 2.36. The number of ether oxygens (including phenoxy) is 2. The predicted molar refractivity (Wildman–Crippen MR) is 117 cm³/mol. The SMILES string of the molecule is O=C1OC(c2ccccc2)=NC1=Cc1cccc(Oc2cc(Cl)c(C(F)(F)F)cc2[N+](=O)[O-])c1. The number of nitro benzene ring substituents is 1. The van der Waals surface area contributed by atoms with Crippen LogP contribution in [0.3, 0.4) is 0 Å². The Kier molecular flexibility index (Phi) is 6.08. The fourth-order valence-corrected chi connectivity index (χ4v) is 3.31. The summed E-state index contributed by atoms with van der Waals surface area (Å²) in [7, 11) is 0. The van der Waals surface area contributed by atoms with Crippen molar-refractivity contribution in [3.8, 4) is 11.5 Å². The van der Waals surface area contributed by atoms with Crippen LogP contribution in [0.5, 0.6) is 11.5 Å². The second-order valence-electron chi connectivity index (χ2n) is 6.93. The smallest absolute Gasteiger partial charge is 0.418 e. The van der Waals surface area contributed by atoms with Crippen LogP contribution < -0.4 is 4.74 Å². The van der Waals surface area contributed by atoms with Crippen molar-refractivity contribution in [3.05, 3.63) is 104 Å². The number of rotatable bonds is 5. The van der Waals surface area contributed by atoms with E-state index in [1.54, 1.807) is 36.4 Å². The molecule has 1 aliphatic heterocycles. The standard InChI is InChI=1S/C23H12ClF3N2O5/c24-17-12-20(19(29(31)32)11-16(17)23(25,26)27)33-15-8-4-5-13(9-15)10-18-22(30)34-21(28-18)14-6-2-1-3-7-14/h1-12H. The Hall–Kier alpha value is -4.18. The molecule has 0 saturated carbocycles. The monoisotopic (exact) mass is 488 g/mol. The topological polar surface area (TPSA) is 91.0 Å². The number of benzene rings is 3. The third-order valence-corrected chi connectivity index (χ3v) is 4.89. The number of nitrogens with zero attached hydrogens (tertiary/aromatic N) is 2. The summed E-state index contributed by atoms with van der Waals surface area (Å²) < 4.78 is 49.8. The number of carbonyl (C=O) groups excluding carboxylic acids is 1. The van der Waals surface area contributed by atoms with Crippen molar-refractivity contribution in [3.63, 3.8) is 0 Å². The first-order valence-electron chi connectivity index (χ1n) is 9.53. The van der Waals surface area contributed by atoms with Crippen LogP contribution in [0.15, 0.2) is 77.4 Å². The number of aliphatic imine (C=N–C) groups is 1. The molecular weight excluding hydrogens is 477 g/mol. The van der Waals surface area contributed by atoms with E-state index in [2.05, 4.69) is 4.99 Å². The van der Waals surface area contributed by atoms with Crippen LogP contribution in [0, 0.1) is 10.1 Å². The van der Waals surface area contributed by atoms with Crippen LogP contribution >= 0.6 is 11.6 Å². The quantitative estimate of drug-likeness (QED) is 0.179. The molecule has 1 heterocycles. The van der Waals surface area contributed by atoms with Gasteiger partial charge in [-0.05, 0) is 35.9 Å². The Morgan fingerprint density at radius 1 is 1.06 bits per heavy atom. The van der Waals surface area contributed by atoms with Gasteiger partial charge in [-0.25, -0.2) is 9.79 Å². The molecule has 0 amide bonds. The number of hydrogen-bond acceptors (Lipinski definition) is 6. The third kappa shape index (κ3) is 4.91. The number of halogens is 4. The van der Waals surface area contributed by atoms with Gasteiger partial charge in [0.05, 0.1) is 15.5 Å². The molecule has 11 heteroatoms. The van der Waals surface area contributed by atoms with Crippen LogP contribution in [-0.2, 0) is 15.7 Å². The molecule has 1 aliphatic rings. The van der Waals surface area contributed by atoms with Crippen molar-refractivity contribution >= 4 is 35.2 Å². The Balaban J connectivity index is 1.64. The van der Waals surface area contributed by atoms with E-state index in [1.165, 1.54) is 24.3 Å². The van der Waals surface area contributed by atoms with Crippen molar-refractivity contribution < 1.29 is 32.4 Å². The lowest BCUT2D eigenvalue weighted by Crippen LogP contribution is -2.07.